The summed E-state index contributed by atoms with van der Waals surface area (Å²) in [6.07, 6.45) is 4.83. The van der Waals surface area contributed by atoms with Gasteiger partial charge in [0.2, 0.25) is 0 Å². The van der Waals surface area contributed by atoms with E-state index in [1.165, 1.54) is 0 Å². The van der Waals surface area contributed by atoms with Gasteiger partial charge in [-0.1, -0.05) is 24.1 Å². The number of carbonyl (C=O) groups is 1. The first kappa shape index (κ1) is 8.11. The zero-order valence-corrected chi connectivity index (χ0v) is 6.37. The molecule has 0 bridgehead atoms. The number of rotatable bonds is 0. The molecule has 0 aliphatic rings. The Morgan fingerprint density at radius 2 is 1.92 bits per heavy atom. The topological polar surface area (TPSA) is 17.1 Å². The van der Waals surface area contributed by atoms with E-state index in [0.717, 1.165) is 5.56 Å². The van der Waals surface area contributed by atoms with E-state index in [1.807, 2.05) is 36.3 Å². The Balaban J connectivity index is 2.82. The Morgan fingerprint density at radius 1 is 1.25 bits per heavy atom. The van der Waals surface area contributed by atoms with Gasteiger partial charge in [-0.3, -0.25) is 4.79 Å². The number of benzene rings is 1. The van der Waals surface area contributed by atoms with Crippen molar-refractivity contribution in [3.8, 4) is 24.2 Å². The van der Waals surface area contributed by atoms with Gasteiger partial charge in [0.05, 0.1) is 0 Å². The third-order valence-corrected chi connectivity index (χ3v) is 1.23. The van der Waals surface area contributed by atoms with Crippen LogP contribution in [0.5, 0.6) is 0 Å². The minimum Gasteiger partial charge on any atom is -0.270 e. The lowest BCUT2D eigenvalue weighted by Gasteiger charge is -1.84. The maximum absolute atomic E-state index is 10.6. The molecule has 0 atom stereocenters. The molecular weight excluding hydrogens is 148 g/mol. The molecule has 1 aromatic rings. The molecule has 0 saturated carbocycles. The van der Waals surface area contributed by atoms with Crippen molar-refractivity contribution >= 4 is 5.78 Å². The van der Waals surface area contributed by atoms with Gasteiger partial charge in [0.25, 0.3) is 5.78 Å². The van der Waals surface area contributed by atoms with E-state index in [1.54, 1.807) is 0 Å². The van der Waals surface area contributed by atoms with Crippen LogP contribution in [0.1, 0.15) is 5.56 Å². The Morgan fingerprint density at radius 3 is 2.50 bits per heavy atom. The summed E-state index contributed by atoms with van der Waals surface area (Å²) in [5.74, 6) is 6.41. The molecule has 0 aromatic heterocycles. The van der Waals surface area contributed by atoms with Crippen molar-refractivity contribution in [2.24, 2.45) is 0 Å². The molecule has 1 heteroatoms. The fraction of sp³-hybridized carbons (Fsp3) is 0. The van der Waals surface area contributed by atoms with Crippen molar-refractivity contribution < 1.29 is 4.79 Å². The molecule has 1 nitrogen and oxygen atoms in total. The molecule has 0 radical (unpaired) electrons. The fourth-order valence-electron chi connectivity index (χ4n) is 0.687. The number of terminal acetylenes is 1. The van der Waals surface area contributed by atoms with E-state index < -0.39 is 5.78 Å². The number of Topliss-reactive ketones (excluding diaryl/α,β-unsaturated/α-hetero) is 1. The quantitative estimate of drug-likeness (QED) is 0.406. The maximum atomic E-state index is 10.6. The van der Waals surface area contributed by atoms with Crippen molar-refractivity contribution in [3.63, 3.8) is 0 Å². The largest absolute Gasteiger partial charge is 0.279 e. The average Bonchev–Trinajstić information content (AvgIpc) is 2.16. The van der Waals surface area contributed by atoms with Gasteiger partial charge in [-0.2, -0.15) is 0 Å². The summed E-state index contributed by atoms with van der Waals surface area (Å²) in [7, 11) is 0. The number of ketones is 1. The van der Waals surface area contributed by atoms with Gasteiger partial charge in [0.15, 0.2) is 0 Å². The van der Waals surface area contributed by atoms with Crippen LogP contribution in [-0.2, 0) is 4.79 Å². The van der Waals surface area contributed by atoms with Crippen LogP contribution in [0, 0.1) is 24.2 Å². The summed E-state index contributed by atoms with van der Waals surface area (Å²) < 4.78 is 0. The first-order chi connectivity index (χ1) is 5.83. The highest BCUT2D eigenvalue weighted by Crippen LogP contribution is 1.94. The Kier molecular flexibility index (Phi) is 2.71. The second-order valence-electron chi connectivity index (χ2n) is 2.09. The van der Waals surface area contributed by atoms with E-state index >= 15 is 0 Å². The smallest absolute Gasteiger partial charge is 0.270 e. The molecule has 56 valence electrons. The van der Waals surface area contributed by atoms with Crippen LogP contribution in [0.2, 0.25) is 0 Å². The van der Waals surface area contributed by atoms with Crippen LogP contribution in [0.4, 0.5) is 0 Å². The Labute approximate surface area is 71.4 Å². The Hall–Kier alpha value is -1.99. The van der Waals surface area contributed by atoms with E-state index in [9.17, 15) is 4.79 Å². The van der Waals surface area contributed by atoms with E-state index in [-0.39, 0.29) is 0 Å². The molecule has 0 spiro atoms. The van der Waals surface area contributed by atoms with Gasteiger partial charge in [0, 0.05) is 5.56 Å². The highest BCUT2D eigenvalue weighted by Gasteiger charge is 1.85. The first-order valence-corrected chi connectivity index (χ1v) is 3.40. The third kappa shape index (κ3) is 2.33. The zero-order chi connectivity index (χ0) is 8.81. The number of hydrogen-bond acceptors (Lipinski definition) is 1. The van der Waals surface area contributed by atoms with Crippen LogP contribution in [0.3, 0.4) is 0 Å². The summed E-state index contributed by atoms with van der Waals surface area (Å²) in [5, 5.41) is 0. The standard InChI is InChI=1S/C11H6O/c1-2-11(12)9-8-10-6-4-3-5-7-10/h1,3-7H. The highest BCUT2D eigenvalue weighted by molar-refractivity contribution is 6.08. The van der Waals surface area contributed by atoms with Gasteiger partial charge in [0.1, 0.15) is 0 Å². The molecule has 0 unspecified atom stereocenters. The predicted octanol–water partition coefficient (Wildman–Crippen LogP) is 1.24. The van der Waals surface area contributed by atoms with E-state index in [2.05, 4.69) is 11.8 Å². The second-order valence-corrected chi connectivity index (χ2v) is 2.09. The fourth-order valence-corrected chi connectivity index (χ4v) is 0.687. The summed E-state index contributed by atoms with van der Waals surface area (Å²) in [6, 6.07) is 9.22. The molecule has 0 saturated heterocycles. The molecule has 0 fully saturated rings. The van der Waals surface area contributed by atoms with E-state index in [0.29, 0.717) is 0 Å². The lowest BCUT2D eigenvalue weighted by Crippen LogP contribution is -1.84. The molecule has 0 heterocycles. The highest BCUT2D eigenvalue weighted by atomic mass is 16.1. The Bertz CT molecular complexity index is 371. The molecule has 1 rings (SSSR count). The first-order valence-electron chi connectivity index (χ1n) is 3.40. The van der Waals surface area contributed by atoms with Crippen LogP contribution in [0.25, 0.3) is 0 Å². The van der Waals surface area contributed by atoms with Crippen molar-refractivity contribution in [2.75, 3.05) is 0 Å². The lowest BCUT2D eigenvalue weighted by molar-refractivity contribution is -0.108. The average molecular weight is 154 g/mol. The van der Waals surface area contributed by atoms with Crippen LogP contribution >= 0.6 is 0 Å². The van der Waals surface area contributed by atoms with Gasteiger partial charge in [-0.05, 0) is 24.0 Å². The number of hydrogen-bond donors (Lipinski definition) is 0. The molecule has 1 aromatic carbocycles. The molecule has 0 aliphatic carbocycles. The van der Waals surface area contributed by atoms with E-state index in [4.69, 9.17) is 6.42 Å². The monoisotopic (exact) mass is 154 g/mol. The van der Waals surface area contributed by atoms with Crippen molar-refractivity contribution in [3.05, 3.63) is 35.9 Å². The molecule has 0 aliphatic heterocycles. The van der Waals surface area contributed by atoms with Crippen LogP contribution < -0.4 is 0 Å². The van der Waals surface area contributed by atoms with Gasteiger partial charge in [-0.25, -0.2) is 0 Å². The molecule has 12 heavy (non-hydrogen) atoms. The summed E-state index contributed by atoms with van der Waals surface area (Å²) in [4.78, 5) is 10.6. The second kappa shape index (κ2) is 4.01. The summed E-state index contributed by atoms with van der Waals surface area (Å²) in [6.45, 7) is 0. The summed E-state index contributed by atoms with van der Waals surface area (Å²) in [5.41, 5.74) is 0.793. The minimum atomic E-state index is -0.487. The van der Waals surface area contributed by atoms with Gasteiger partial charge < -0.3 is 0 Å². The predicted molar refractivity (Wildman–Crippen MR) is 47.2 cm³/mol. The molecule has 0 amide bonds. The molecule has 0 N–H and O–H groups in total. The van der Waals surface area contributed by atoms with Crippen LogP contribution in [-0.4, -0.2) is 5.78 Å². The number of carbonyl (C=O) groups excluding carboxylic acids is 1. The zero-order valence-electron chi connectivity index (χ0n) is 6.37. The maximum Gasteiger partial charge on any atom is 0.279 e. The van der Waals surface area contributed by atoms with Gasteiger partial charge >= 0.3 is 0 Å². The normalized spacial score (nSPS) is 7.58. The van der Waals surface area contributed by atoms with Crippen molar-refractivity contribution in [1.29, 1.82) is 0 Å². The van der Waals surface area contributed by atoms with Crippen molar-refractivity contribution in [1.82, 2.24) is 0 Å². The summed E-state index contributed by atoms with van der Waals surface area (Å²) >= 11 is 0. The minimum absolute atomic E-state index is 0.487. The van der Waals surface area contributed by atoms with Crippen molar-refractivity contribution in [2.45, 2.75) is 0 Å². The van der Waals surface area contributed by atoms with Crippen LogP contribution in [0.15, 0.2) is 30.3 Å². The third-order valence-electron chi connectivity index (χ3n) is 1.23. The lowest BCUT2D eigenvalue weighted by atomic mass is 10.2. The van der Waals surface area contributed by atoms with Gasteiger partial charge in [-0.15, -0.1) is 6.42 Å². The SMILES string of the molecule is C#CC(=O)C#Cc1ccccc1. The molecular formula is C11H6O.